The third-order valence-electron chi connectivity index (χ3n) is 5.89. The van der Waals surface area contributed by atoms with Gasteiger partial charge < -0.3 is 9.47 Å². The van der Waals surface area contributed by atoms with Crippen molar-refractivity contribution in [2.75, 3.05) is 6.61 Å². The van der Waals surface area contributed by atoms with Gasteiger partial charge in [-0.25, -0.2) is 0 Å². The van der Waals surface area contributed by atoms with Gasteiger partial charge in [0.25, 0.3) is 0 Å². The number of rotatable bonds is 16. The molecule has 1 aromatic heterocycles. The van der Waals surface area contributed by atoms with E-state index in [2.05, 4.69) is 11.9 Å². The molecule has 0 radical (unpaired) electrons. The van der Waals surface area contributed by atoms with Crippen molar-refractivity contribution in [3.8, 4) is 22.8 Å². The number of esters is 1. The number of carbonyl (C=O) groups excluding carboxylic acids is 1. The molecule has 4 heteroatoms. The Labute approximate surface area is 194 Å². The van der Waals surface area contributed by atoms with Gasteiger partial charge in [0.2, 0.25) is 0 Å². The summed E-state index contributed by atoms with van der Waals surface area (Å²) in [5.41, 5.74) is 1.85. The van der Waals surface area contributed by atoms with Crippen LogP contribution in [0, 0.1) is 5.92 Å². The van der Waals surface area contributed by atoms with Crippen LogP contribution in [0.3, 0.4) is 0 Å². The van der Waals surface area contributed by atoms with Crippen LogP contribution in [-0.4, -0.2) is 17.6 Å². The van der Waals surface area contributed by atoms with Crippen molar-refractivity contribution in [3.63, 3.8) is 0 Å². The molecule has 1 heterocycles. The molecule has 0 bridgehead atoms. The number of carbonyl (C=O) groups is 1. The van der Waals surface area contributed by atoms with Crippen molar-refractivity contribution in [1.29, 1.82) is 0 Å². The van der Waals surface area contributed by atoms with Crippen molar-refractivity contribution < 1.29 is 14.3 Å². The smallest absolute Gasteiger partial charge is 0.314 e. The number of benzene rings is 1. The topological polar surface area (TPSA) is 48.4 Å². The minimum atomic E-state index is -0.192. The lowest BCUT2D eigenvalue weighted by atomic mass is 10.1. The van der Waals surface area contributed by atoms with E-state index < -0.39 is 0 Å². The highest BCUT2D eigenvalue weighted by atomic mass is 16.5. The van der Waals surface area contributed by atoms with E-state index in [0.717, 1.165) is 36.5 Å². The van der Waals surface area contributed by atoms with Gasteiger partial charge in [-0.3, -0.25) is 9.78 Å². The van der Waals surface area contributed by atoms with Gasteiger partial charge in [0, 0.05) is 5.56 Å². The van der Waals surface area contributed by atoms with Crippen molar-refractivity contribution >= 4 is 5.97 Å². The zero-order chi connectivity index (χ0) is 23.0. The molecule has 0 saturated carbocycles. The highest BCUT2D eigenvalue weighted by Gasteiger charge is 2.13. The second-order valence-corrected chi connectivity index (χ2v) is 8.66. The lowest BCUT2D eigenvalue weighted by Gasteiger charge is -2.10. The van der Waals surface area contributed by atoms with Crippen molar-refractivity contribution in [2.24, 2.45) is 5.92 Å². The Bertz CT molecular complexity index is 755. The Balaban J connectivity index is 1.64. The second kappa shape index (κ2) is 15.4. The molecule has 0 fully saturated rings. The van der Waals surface area contributed by atoms with Gasteiger partial charge in [0.1, 0.15) is 11.5 Å². The molecule has 2 aromatic rings. The third-order valence-corrected chi connectivity index (χ3v) is 5.89. The predicted octanol–water partition coefficient (Wildman–Crippen LogP) is 8.00. The number of unbranched alkanes of at least 4 members (excludes halogenated alkanes) is 9. The maximum absolute atomic E-state index is 11.9. The SMILES string of the molecule is CCCCCCCCCCCCOc1ccc(-c2ccc(OC(=O)C(C)CC)cc2)nc1. The maximum Gasteiger partial charge on any atom is 0.314 e. The van der Waals surface area contributed by atoms with Gasteiger partial charge in [-0.15, -0.1) is 0 Å². The summed E-state index contributed by atoms with van der Waals surface area (Å²) in [4.78, 5) is 16.4. The fraction of sp³-hybridized carbons (Fsp3) is 0.571. The average Bonchev–Trinajstić information content (AvgIpc) is 2.83. The highest BCUT2D eigenvalue weighted by Crippen LogP contribution is 2.23. The molecule has 1 atom stereocenters. The first kappa shape index (κ1) is 25.9. The van der Waals surface area contributed by atoms with Crippen LogP contribution in [-0.2, 0) is 4.79 Å². The summed E-state index contributed by atoms with van der Waals surface area (Å²) in [7, 11) is 0. The summed E-state index contributed by atoms with van der Waals surface area (Å²) in [6.07, 6.45) is 15.8. The predicted molar refractivity (Wildman–Crippen MR) is 132 cm³/mol. The first-order chi connectivity index (χ1) is 15.6. The number of aromatic nitrogens is 1. The van der Waals surface area contributed by atoms with Crippen molar-refractivity contribution in [3.05, 3.63) is 42.6 Å². The molecule has 0 saturated heterocycles. The van der Waals surface area contributed by atoms with E-state index >= 15 is 0 Å². The molecule has 0 aliphatic rings. The Morgan fingerprint density at radius 1 is 0.812 bits per heavy atom. The van der Waals surface area contributed by atoms with E-state index in [0.29, 0.717) is 5.75 Å². The number of nitrogens with zero attached hydrogens (tertiary/aromatic N) is 1. The molecular weight excluding hydrogens is 398 g/mol. The van der Waals surface area contributed by atoms with E-state index in [1.807, 2.05) is 50.2 Å². The summed E-state index contributed by atoms with van der Waals surface area (Å²) in [5.74, 6) is 1.09. The fourth-order valence-corrected chi connectivity index (χ4v) is 3.49. The third kappa shape index (κ3) is 9.84. The van der Waals surface area contributed by atoms with Crippen LogP contribution < -0.4 is 9.47 Å². The Morgan fingerprint density at radius 2 is 1.41 bits per heavy atom. The van der Waals surface area contributed by atoms with Gasteiger partial charge in [0.15, 0.2) is 0 Å². The van der Waals surface area contributed by atoms with Crippen LogP contribution in [0.4, 0.5) is 0 Å². The molecule has 0 aliphatic carbocycles. The van der Waals surface area contributed by atoms with Crippen molar-refractivity contribution in [1.82, 2.24) is 4.98 Å². The minimum Gasteiger partial charge on any atom is -0.492 e. The van der Waals surface area contributed by atoms with Crippen LogP contribution in [0.5, 0.6) is 11.5 Å². The van der Waals surface area contributed by atoms with Crippen LogP contribution >= 0.6 is 0 Å². The number of hydrogen-bond donors (Lipinski definition) is 0. The minimum absolute atomic E-state index is 0.0933. The van der Waals surface area contributed by atoms with E-state index in [4.69, 9.17) is 9.47 Å². The quantitative estimate of drug-likeness (QED) is 0.151. The zero-order valence-electron chi connectivity index (χ0n) is 20.3. The molecule has 1 aromatic carbocycles. The number of ether oxygens (including phenoxy) is 2. The lowest BCUT2D eigenvalue weighted by molar-refractivity contribution is -0.138. The van der Waals surface area contributed by atoms with E-state index in [-0.39, 0.29) is 11.9 Å². The average molecular weight is 440 g/mol. The molecule has 2 rings (SSSR count). The molecular formula is C28H41NO3. The Kier molecular flexibility index (Phi) is 12.5. The Morgan fingerprint density at radius 3 is 1.97 bits per heavy atom. The van der Waals surface area contributed by atoms with Crippen LogP contribution in [0.1, 0.15) is 91.4 Å². The van der Waals surface area contributed by atoms with Gasteiger partial charge in [-0.1, -0.05) is 78.6 Å². The maximum atomic E-state index is 11.9. The number of hydrogen-bond acceptors (Lipinski definition) is 4. The van der Waals surface area contributed by atoms with E-state index in [1.165, 1.54) is 57.8 Å². The van der Waals surface area contributed by atoms with Crippen molar-refractivity contribution in [2.45, 2.75) is 91.4 Å². The summed E-state index contributed by atoms with van der Waals surface area (Å²) in [6, 6.07) is 11.4. The fourth-order valence-electron chi connectivity index (χ4n) is 3.49. The summed E-state index contributed by atoms with van der Waals surface area (Å²) < 4.78 is 11.2. The molecule has 0 N–H and O–H groups in total. The standard InChI is InChI=1S/C28H41NO3/c1-4-6-7-8-9-10-11-12-13-14-21-31-26-19-20-27(29-22-26)24-15-17-25(18-16-24)32-28(30)23(3)5-2/h15-20,22-23H,4-14,21H2,1-3H3. The molecule has 0 aliphatic heterocycles. The first-order valence-electron chi connectivity index (χ1n) is 12.5. The molecule has 4 nitrogen and oxygen atoms in total. The monoisotopic (exact) mass is 439 g/mol. The summed E-state index contributed by atoms with van der Waals surface area (Å²) in [5, 5.41) is 0. The summed E-state index contributed by atoms with van der Waals surface area (Å²) >= 11 is 0. The van der Waals surface area contributed by atoms with Crippen LogP contribution in [0.25, 0.3) is 11.3 Å². The van der Waals surface area contributed by atoms with E-state index in [9.17, 15) is 4.79 Å². The normalized spacial score (nSPS) is 11.8. The zero-order valence-corrected chi connectivity index (χ0v) is 20.3. The van der Waals surface area contributed by atoms with Gasteiger partial charge in [-0.05, 0) is 49.2 Å². The second-order valence-electron chi connectivity index (χ2n) is 8.66. The molecule has 0 spiro atoms. The van der Waals surface area contributed by atoms with Crippen LogP contribution in [0.2, 0.25) is 0 Å². The molecule has 0 amide bonds. The Hall–Kier alpha value is -2.36. The van der Waals surface area contributed by atoms with Gasteiger partial charge >= 0.3 is 5.97 Å². The number of pyridine rings is 1. The van der Waals surface area contributed by atoms with Gasteiger partial charge in [0.05, 0.1) is 24.4 Å². The van der Waals surface area contributed by atoms with Gasteiger partial charge in [-0.2, -0.15) is 0 Å². The molecule has 176 valence electrons. The molecule has 1 unspecified atom stereocenters. The highest BCUT2D eigenvalue weighted by molar-refractivity contribution is 5.75. The largest absolute Gasteiger partial charge is 0.492 e. The van der Waals surface area contributed by atoms with E-state index in [1.54, 1.807) is 6.20 Å². The summed E-state index contributed by atoms with van der Waals surface area (Å²) in [6.45, 7) is 6.86. The first-order valence-corrected chi connectivity index (χ1v) is 12.5. The lowest BCUT2D eigenvalue weighted by Crippen LogP contribution is -2.16. The van der Waals surface area contributed by atoms with Crippen LogP contribution in [0.15, 0.2) is 42.6 Å². The molecule has 32 heavy (non-hydrogen) atoms.